The molecule has 0 saturated heterocycles. The lowest BCUT2D eigenvalue weighted by molar-refractivity contribution is 1.08. The van der Waals surface area contributed by atoms with Gasteiger partial charge in [-0.2, -0.15) is 0 Å². The third-order valence-electron chi connectivity index (χ3n) is 2.92. The second-order valence-corrected chi connectivity index (χ2v) is 5.40. The molecule has 2 aromatic heterocycles. The summed E-state index contributed by atoms with van der Waals surface area (Å²) in [5.41, 5.74) is 2.69. The number of aromatic amines is 1. The van der Waals surface area contributed by atoms with Gasteiger partial charge in [-0.3, -0.25) is 0 Å². The van der Waals surface area contributed by atoms with Crippen molar-refractivity contribution in [3.8, 4) is 0 Å². The number of H-pyrrole nitrogens is 1. The predicted molar refractivity (Wildman–Crippen MR) is 83.1 cm³/mol. The van der Waals surface area contributed by atoms with Gasteiger partial charge in [0, 0.05) is 11.4 Å². The van der Waals surface area contributed by atoms with Crippen LogP contribution in [0.15, 0.2) is 24.3 Å². The second-order valence-electron chi connectivity index (χ2n) is 4.59. The largest absolute Gasteiger partial charge is 0.343 e. The number of halogens is 2. The molecule has 2 heterocycles. The molecule has 0 aliphatic carbocycles. The van der Waals surface area contributed by atoms with E-state index in [4.69, 9.17) is 23.2 Å². The molecule has 4 nitrogen and oxygen atoms in total. The van der Waals surface area contributed by atoms with Crippen LogP contribution >= 0.6 is 23.2 Å². The van der Waals surface area contributed by atoms with E-state index in [0.717, 1.165) is 28.2 Å². The Balaban J connectivity index is 2.07. The van der Waals surface area contributed by atoms with E-state index < -0.39 is 0 Å². The third-order valence-corrected chi connectivity index (χ3v) is 3.66. The summed E-state index contributed by atoms with van der Waals surface area (Å²) in [6, 6.07) is 7.39. The zero-order chi connectivity index (χ0) is 14.3. The maximum atomic E-state index is 6.02. The van der Waals surface area contributed by atoms with Crippen LogP contribution in [-0.4, -0.2) is 15.0 Å². The Morgan fingerprint density at radius 2 is 1.85 bits per heavy atom. The highest BCUT2D eigenvalue weighted by Gasteiger charge is 2.09. The number of anilines is 2. The van der Waals surface area contributed by atoms with Gasteiger partial charge in [-0.05, 0) is 38.1 Å². The summed E-state index contributed by atoms with van der Waals surface area (Å²) < 4.78 is 0. The molecular weight excluding hydrogens is 295 g/mol. The minimum Gasteiger partial charge on any atom is -0.343 e. The maximum Gasteiger partial charge on any atom is 0.143 e. The Kier molecular flexibility index (Phi) is 3.28. The number of nitrogens with one attached hydrogen (secondary N) is 2. The highest BCUT2D eigenvalue weighted by atomic mass is 35.5. The SMILES string of the molecule is Cc1nc(Nc2ccc(Cl)c(Cl)c2)c2cc(C)[nH]c2n1. The van der Waals surface area contributed by atoms with E-state index in [-0.39, 0.29) is 0 Å². The van der Waals surface area contributed by atoms with Crippen molar-refractivity contribution in [1.29, 1.82) is 0 Å². The van der Waals surface area contributed by atoms with Crippen LogP contribution in [-0.2, 0) is 0 Å². The molecule has 0 radical (unpaired) electrons. The molecule has 0 atom stereocenters. The van der Waals surface area contributed by atoms with Crippen LogP contribution in [0.25, 0.3) is 11.0 Å². The molecule has 0 bridgehead atoms. The van der Waals surface area contributed by atoms with Gasteiger partial charge in [0.15, 0.2) is 0 Å². The van der Waals surface area contributed by atoms with Crippen LogP contribution in [0.1, 0.15) is 11.5 Å². The first-order valence-corrected chi connectivity index (χ1v) is 6.84. The number of fused-ring (bicyclic) bond motifs is 1. The van der Waals surface area contributed by atoms with Crippen molar-refractivity contribution >= 4 is 45.7 Å². The van der Waals surface area contributed by atoms with E-state index in [2.05, 4.69) is 20.3 Å². The number of hydrogen-bond acceptors (Lipinski definition) is 3. The topological polar surface area (TPSA) is 53.6 Å². The van der Waals surface area contributed by atoms with E-state index >= 15 is 0 Å². The lowest BCUT2D eigenvalue weighted by Gasteiger charge is -2.08. The van der Waals surface area contributed by atoms with Crippen LogP contribution in [0.3, 0.4) is 0 Å². The highest BCUT2D eigenvalue weighted by Crippen LogP contribution is 2.29. The Hall–Kier alpha value is -1.78. The van der Waals surface area contributed by atoms with Crippen molar-refractivity contribution in [3.05, 3.63) is 45.8 Å². The van der Waals surface area contributed by atoms with Crippen LogP contribution in [0, 0.1) is 13.8 Å². The lowest BCUT2D eigenvalue weighted by Crippen LogP contribution is -1.98. The molecule has 0 spiro atoms. The fourth-order valence-corrected chi connectivity index (χ4v) is 2.36. The number of hydrogen-bond donors (Lipinski definition) is 2. The molecule has 0 amide bonds. The smallest absolute Gasteiger partial charge is 0.143 e. The Labute approximate surface area is 126 Å². The van der Waals surface area contributed by atoms with E-state index in [1.54, 1.807) is 12.1 Å². The van der Waals surface area contributed by atoms with E-state index in [1.165, 1.54) is 0 Å². The zero-order valence-corrected chi connectivity index (χ0v) is 12.5. The van der Waals surface area contributed by atoms with Crippen LogP contribution < -0.4 is 5.32 Å². The van der Waals surface area contributed by atoms with Gasteiger partial charge in [0.25, 0.3) is 0 Å². The van der Waals surface area contributed by atoms with Gasteiger partial charge in [0.05, 0.1) is 15.4 Å². The van der Waals surface area contributed by atoms with Gasteiger partial charge in [-0.25, -0.2) is 9.97 Å². The highest BCUT2D eigenvalue weighted by molar-refractivity contribution is 6.42. The first-order chi connectivity index (χ1) is 9.52. The van der Waals surface area contributed by atoms with Crippen molar-refractivity contribution in [1.82, 2.24) is 15.0 Å². The molecule has 20 heavy (non-hydrogen) atoms. The number of aromatic nitrogens is 3. The van der Waals surface area contributed by atoms with Crippen molar-refractivity contribution in [2.45, 2.75) is 13.8 Å². The van der Waals surface area contributed by atoms with Crippen LogP contribution in [0.2, 0.25) is 10.0 Å². The average Bonchev–Trinajstić information content (AvgIpc) is 2.74. The molecule has 0 aliphatic heterocycles. The van der Waals surface area contributed by atoms with Crippen LogP contribution in [0.5, 0.6) is 0 Å². The standard InChI is InChI=1S/C14H12Cl2N4/c1-7-5-10-13(17-7)18-8(2)19-14(10)20-9-3-4-11(15)12(16)6-9/h3-6H,1-2H3,(H2,17,18,19,20). The van der Waals surface area contributed by atoms with Gasteiger partial charge in [0.2, 0.25) is 0 Å². The van der Waals surface area contributed by atoms with Gasteiger partial charge in [0.1, 0.15) is 17.3 Å². The van der Waals surface area contributed by atoms with Gasteiger partial charge < -0.3 is 10.3 Å². The second kappa shape index (κ2) is 4.96. The van der Waals surface area contributed by atoms with Crippen molar-refractivity contribution in [2.24, 2.45) is 0 Å². The molecule has 3 rings (SSSR count). The molecule has 6 heteroatoms. The average molecular weight is 307 g/mol. The van der Waals surface area contributed by atoms with Crippen molar-refractivity contribution < 1.29 is 0 Å². The quantitative estimate of drug-likeness (QED) is 0.726. The summed E-state index contributed by atoms with van der Waals surface area (Å²) in [5.74, 6) is 1.44. The molecule has 1 aromatic carbocycles. The van der Waals surface area contributed by atoms with Crippen molar-refractivity contribution in [3.63, 3.8) is 0 Å². The number of benzene rings is 1. The fourth-order valence-electron chi connectivity index (χ4n) is 2.06. The van der Waals surface area contributed by atoms with Gasteiger partial charge in [-0.15, -0.1) is 0 Å². The predicted octanol–water partition coefficient (Wildman–Crippen LogP) is 4.63. The van der Waals surface area contributed by atoms with Crippen molar-refractivity contribution in [2.75, 3.05) is 5.32 Å². The summed E-state index contributed by atoms with van der Waals surface area (Å²) in [4.78, 5) is 12.0. The zero-order valence-electron chi connectivity index (χ0n) is 11.0. The summed E-state index contributed by atoms with van der Waals surface area (Å²) in [5, 5.41) is 5.23. The van der Waals surface area contributed by atoms with E-state index in [9.17, 15) is 0 Å². The molecule has 0 unspecified atom stereocenters. The van der Waals surface area contributed by atoms with E-state index in [1.807, 2.05) is 26.0 Å². The summed E-state index contributed by atoms with van der Waals surface area (Å²) in [7, 11) is 0. The molecule has 2 N–H and O–H groups in total. The molecule has 0 aliphatic rings. The third kappa shape index (κ3) is 2.44. The van der Waals surface area contributed by atoms with Gasteiger partial charge in [-0.1, -0.05) is 23.2 Å². The molecule has 102 valence electrons. The monoisotopic (exact) mass is 306 g/mol. The maximum absolute atomic E-state index is 6.02. The molecule has 3 aromatic rings. The lowest BCUT2D eigenvalue weighted by atomic mass is 10.3. The minimum absolute atomic E-state index is 0.504. The Bertz CT molecular complexity index is 795. The molecule has 0 saturated carbocycles. The number of nitrogens with zero attached hydrogens (tertiary/aromatic N) is 2. The fraction of sp³-hybridized carbons (Fsp3) is 0.143. The van der Waals surface area contributed by atoms with Crippen LogP contribution in [0.4, 0.5) is 11.5 Å². The summed E-state index contributed by atoms with van der Waals surface area (Å²) >= 11 is 11.9. The van der Waals surface area contributed by atoms with Gasteiger partial charge >= 0.3 is 0 Å². The number of aryl methyl sites for hydroxylation is 2. The minimum atomic E-state index is 0.504. The normalized spacial score (nSPS) is 11.0. The number of rotatable bonds is 2. The summed E-state index contributed by atoms with van der Waals surface area (Å²) in [6.45, 7) is 3.84. The Morgan fingerprint density at radius 1 is 1.05 bits per heavy atom. The first-order valence-electron chi connectivity index (χ1n) is 6.09. The molecule has 0 fully saturated rings. The summed E-state index contributed by atoms with van der Waals surface area (Å²) in [6.07, 6.45) is 0. The van der Waals surface area contributed by atoms with E-state index in [0.29, 0.717) is 15.9 Å². The molecular formula is C14H12Cl2N4. The Morgan fingerprint density at radius 3 is 2.60 bits per heavy atom. The first kappa shape index (κ1) is 13.2.